The first kappa shape index (κ1) is 14.9. The van der Waals surface area contributed by atoms with Crippen LogP contribution < -0.4 is 10.1 Å². The van der Waals surface area contributed by atoms with Crippen molar-refractivity contribution in [2.75, 3.05) is 12.4 Å². The fourth-order valence-corrected chi connectivity index (χ4v) is 1.99. The lowest BCUT2D eigenvalue weighted by atomic mass is 10.2. The fraction of sp³-hybridized carbons (Fsp3) is 0.0769. The number of anilines is 1. The summed E-state index contributed by atoms with van der Waals surface area (Å²) in [4.78, 5) is 26.2. The van der Waals surface area contributed by atoms with Crippen molar-refractivity contribution in [1.82, 2.24) is 4.98 Å². The van der Waals surface area contributed by atoms with Gasteiger partial charge in [-0.1, -0.05) is 0 Å². The van der Waals surface area contributed by atoms with E-state index in [0.29, 0.717) is 15.7 Å². The van der Waals surface area contributed by atoms with Gasteiger partial charge in [0.2, 0.25) is 0 Å². The lowest BCUT2D eigenvalue weighted by molar-refractivity contribution is -0.384. The Morgan fingerprint density at radius 2 is 2.14 bits per heavy atom. The molecule has 0 radical (unpaired) electrons. The number of non-ortho nitro benzene ring substituents is 1. The summed E-state index contributed by atoms with van der Waals surface area (Å²) in [7, 11) is 1.37. The number of hydrogen-bond acceptors (Lipinski definition) is 5. The van der Waals surface area contributed by atoms with Crippen LogP contribution in [0, 0.1) is 10.1 Å². The first-order chi connectivity index (χ1) is 10.0. The Hall–Kier alpha value is -2.48. The molecule has 1 aromatic heterocycles. The van der Waals surface area contributed by atoms with Gasteiger partial charge in [-0.05, 0) is 28.1 Å². The maximum absolute atomic E-state index is 12.1. The van der Waals surface area contributed by atoms with E-state index in [1.165, 1.54) is 31.5 Å². The average Bonchev–Trinajstić information content (AvgIpc) is 2.47. The van der Waals surface area contributed by atoms with Gasteiger partial charge in [0.25, 0.3) is 11.6 Å². The average molecular weight is 352 g/mol. The maximum atomic E-state index is 12.1. The summed E-state index contributed by atoms with van der Waals surface area (Å²) in [6.07, 6.45) is 2.97. The van der Waals surface area contributed by atoms with Gasteiger partial charge in [-0.3, -0.25) is 19.9 Å². The van der Waals surface area contributed by atoms with E-state index in [1.54, 1.807) is 12.3 Å². The maximum Gasteiger partial charge on any atom is 0.273 e. The molecule has 1 heterocycles. The Kier molecular flexibility index (Phi) is 4.49. The van der Waals surface area contributed by atoms with Crippen molar-refractivity contribution < 1.29 is 14.5 Å². The van der Waals surface area contributed by atoms with Crippen molar-refractivity contribution in [2.45, 2.75) is 0 Å². The predicted octanol–water partition coefficient (Wildman–Crippen LogP) is 3.01. The number of benzene rings is 1. The molecule has 0 bridgehead atoms. The van der Waals surface area contributed by atoms with Crippen LogP contribution in [0.3, 0.4) is 0 Å². The molecular weight excluding hydrogens is 342 g/mol. The number of nitro groups is 1. The van der Waals surface area contributed by atoms with Gasteiger partial charge in [-0.2, -0.15) is 0 Å². The molecule has 0 unspecified atom stereocenters. The van der Waals surface area contributed by atoms with Crippen LogP contribution in [0.25, 0.3) is 0 Å². The monoisotopic (exact) mass is 351 g/mol. The second kappa shape index (κ2) is 6.31. The zero-order valence-electron chi connectivity index (χ0n) is 10.9. The molecule has 1 amide bonds. The normalized spacial score (nSPS) is 10.0. The second-order valence-electron chi connectivity index (χ2n) is 3.99. The zero-order chi connectivity index (χ0) is 15.4. The molecule has 0 aliphatic carbocycles. The fourth-order valence-electron chi connectivity index (χ4n) is 1.63. The highest BCUT2D eigenvalue weighted by atomic mass is 79.9. The third-order valence-electron chi connectivity index (χ3n) is 2.61. The van der Waals surface area contributed by atoms with Crippen molar-refractivity contribution in [3.05, 3.63) is 56.8 Å². The number of pyridine rings is 1. The number of methoxy groups -OCH3 is 1. The van der Waals surface area contributed by atoms with Gasteiger partial charge < -0.3 is 10.1 Å². The summed E-state index contributed by atoms with van der Waals surface area (Å²) >= 11 is 3.23. The van der Waals surface area contributed by atoms with Gasteiger partial charge in [0.15, 0.2) is 0 Å². The predicted molar refractivity (Wildman–Crippen MR) is 79.5 cm³/mol. The Bertz CT molecular complexity index is 706. The number of nitro benzene ring substituents is 1. The van der Waals surface area contributed by atoms with Crippen LogP contribution in [-0.2, 0) is 0 Å². The number of nitrogens with zero attached hydrogens (tertiary/aromatic N) is 2. The SMILES string of the molecule is COc1cc([N+](=O)[O-])ccc1NC(=O)c1cncc(Br)c1. The molecule has 8 heteroatoms. The minimum Gasteiger partial charge on any atom is -0.494 e. The highest BCUT2D eigenvalue weighted by Crippen LogP contribution is 2.29. The number of carbonyl (C=O) groups is 1. The molecular formula is C13H10BrN3O4. The summed E-state index contributed by atoms with van der Waals surface area (Å²) in [6, 6.07) is 5.56. The van der Waals surface area contributed by atoms with E-state index in [2.05, 4.69) is 26.2 Å². The van der Waals surface area contributed by atoms with E-state index in [4.69, 9.17) is 4.74 Å². The zero-order valence-corrected chi connectivity index (χ0v) is 12.5. The Balaban J connectivity index is 2.27. The van der Waals surface area contributed by atoms with Crippen LogP contribution in [0.1, 0.15) is 10.4 Å². The summed E-state index contributed by atoms with van der Waals surface area (Å²) in [5.41, 5.74) is 0.576. The smallest absolute Gasteiger partial charge is 0.273 e. The van der Waals surface area contributed by atoms with Gasteiger partial charge in [-0.15, -0.1) is 0 Å². The van der Waals surface area contributed by atoms with Crippen LogP contribution in [-0.4, -0.2) is 22.9 Å². The number of aromatic nitrogens is 1. The highest BCUT2D eigenvalue weighted by Gasteiger charge is 2.14. The number of hydrogen-bond donors (Lipinski definition) is 1. The van der Waals surface area contributed by atoms with Crippen molar-refractivity contribution in [3.63, 3.8) is 0 Å². The third-order valence-corrected chi connectivity index (χ3v) is 3.04. The lowest BCUT2D eigenvalue weighted by Gasteiger charge is -2.10. The number of halogens is 1. The molecule has 2 aromatic rings. The molecule has 0 saturated heterocycles. The molecule has 0 spiro atoms. The third kappa shape index (κ3) is 3.54. The molecule has 21 heavy (non-hydrogen) atoms. The minimum atomic E-state index is -0.535. The van der Waals surface area contributed by atoms with Crippen molar-refractivity contribution in [2.24, 2.45) is 0 Å². The standard InChI is InChI=1S/C13H10BrN3O4/c1-21-12-5-10(17(19)20)2-3-11(12)16-13(18)8-4-9(14)7-15-6-8/h2-7H,1H3,(H,16,18). The summed E-state index contributed by atoms with van der Waals surface area (Å²) in [6.45, 7) is 0. The van der Waals surface area contributed by atoms with E-state index in [9.17, 15) is 14.9 Å². The molecule has 1 N–H and O–H groups in total. The van der Waals surface area contributed by atoms with Gasteiger partial charge in [0.05, 0.1) is 29.4 Å². The number of carbonyl (C=O) groups excluding carboxylic acids is 1. The number of rotatable bonds is 4. The van der Waals surface area contributed by atoms with Crippen molar-refractivity contribution in [1.29, 1.82) is 0 Å². The largest absolute Gasteiger partial charge is 0.494 e. The van der Waals surface area contributed by atoms with Gasteiger partial charge in [-0.25, -0.2) is 0 Å². The number of amides is 1. The molecule has 0 aliphatic rings. The van der Waals surface area contributed by atoms with E-state index < -0.39 is 10.8 Å². The van der Waals surface area contributed by atoms with Gasteiger partial charge >= 0.3 is 0 Å². The minimum absolute atomic E-state index is 0.117. The summed E-state index contributed by atoms with van der Waals surface area (Å²) in [5, 5.41) is 13.3. The van der Waals surface area contributed by atoms with Crippen LogP contribution in [0.2, 0.25) is 0 Å². The second-order valence-corrected chi connectivity index (χ2v) is 4.90. The summed E-state index contributed by atoms with van der Waals surface area (Å²) < 4.78 is 5.72. The Morgan fingerprint density at radius 3 is 2.76 bits per heavy atom. The van der Waals surface area contributed by atoms with E-state index in [1.807, 2.05) is 0 Å². The van der Waals surface area contributed by atoms with Crippen LogP contribution in [0.4, 0.5) is 11.4 Å². The summed E-state index contributed by atoms with van der Waals surface area (Å²) in [5.74, 6) is -0.184. The van der Waals surface area contributed by atoms with E-state index >= 15 is 0 Å². The van der Waals surface area contributed by atoms with Gasteiger partial charge in [0, 0.05) is 22.9 Å². The molecule has 0 saturated carbocycles. The Morgan fingerprint density at radius 1 is 1.38 bits per heavy atom. The van der Waals surface area contributed by atoms with Crippen molar-refractivity contribution >= 4 is 33.2 Å². The first-order valence-electron chi connectivity index (χ1n) is 5.75. The molecule has 1 aromatic carbocycles. The number of ether oxygens (including phenoxy) is 1. The van der Waals surface area contributed by atoms with Crippen molar-refractivity contribution in [3.8, 4) is 5.75 Å². The van der Waals surface area contributed by atoms with Crippen LogP contribution >= 0.6 is 15.9 Å². The van der Waals surface area contributed by atoms with E-state index in [0.717, 1.165) is 0 Å². The first-order valence-corrected chi connectivity index (χ1v) is 6.55. The van der Waals surface area contributed by atoms with Crippen LogP contribution in [0.15, 0.2) is 41.1 Å². The molecule has 2 rings (SSSR count). The highest BCUT2D eigenvalue weighted by molar-refractivity contribution is 9.10. The van der Waals surface area contributed by atoms with E-state index in [-0.39, 0.29) is 11.4 Å². The molecule has 7 nitrogen and oxygen atoms in total. The quantitative estimate of drug-likeness (QED) is 0.674. The topological polar surface area (TPSA) is 94.4 Å². The lowest BCUT2D eigenvalue weighted by Crippen LogP contribution is -2.13. The van der Waals surface area contributed by atoms with Crippen LogP contribution in [0.5, 0.6) is 5.75 Å². The molecule has 0 atom stereocenters. The molecule has 0 fully saturated rings. The Labute approximate surface area is 128 Å². The van der Waals surface area contributed by atoms with Gasteiger partial charge in [0.1, 0.15) is 5.75 Å². The molecule has 108 valence electrons. The molecule has 0 aliphatic heterocycles. The number of nitrogens with one attached hydrogen (secondary N) is 1.